The average molecular weight is 568 g/mol. The number of nitrogens with one attached hydrogen (secondary N) is 2. The van der Waals surface area contributed by atoms with Crippen LogP contribution in [0.5, 0.6) is 0 Å². The predicted molar refractivity (Wildman–Crippen MR) is 150 cm³/mol. The molecule has 2 aliphatic heterocycles. The normalized spacial score (nSPS) is 16.0. The van der Waals surface area contributed by atoms with Crippen molar-refractivity contribution in [2.24, 2.45) is 0 Å². The van der Waals surface area contributed by atoms with Crippen molar-refractivity contribution in [3.05, 3.63) is 76.6 Å². The number of carbonyl (C=O) groups is 2. The van der Waals surface area contributed by atoms with E-state index in [1.54, 1.807) is 24.5 Å². The van der Waals surface area contributed by atoms with Crippen LogP contribution in [0.15, 0.2) is 48.8 Å². The van der Waals surface area contributed by atoms with Crippen molar-refractivity contribution in [3.63, 3.8) is 0 Å². The molecule has 1 fully saturated rings. The van der Waals surface area contributed by atoms with E-state index in [4.69, 9.17) is 0 Å². The quantitative estimate of drug-likeness (QED) is 0.446. The second kappa shape index (κ2) is 11.8. The lowest BCUT2D eigenvalue weighted by Gasteiger charge is -2.33. The second-order valence-corrected chi connectivity index (χ2v) is 10.5. The van der Waals surface area contributed by atoms with Gasteiger partial charge in [0.1, 0.15) is 0 Å². The van der Waals surface area contributed by atoms with E-state index in [2.05, 4.69) is 30.4 Å². The van der Waals surface area contributed by atoms with Crippen LogP contribution in [0.25, 0.3) is 0 Å². The van der Waals surface area contributed by atoms with Crippen LogP contribution in [-0.4, -0.2) is 71.4 Å². The van der Waals surface area contributed by atoms with E-state index in [1.165, 1.54) is 19.1 Å². The van der Waals surface area contributed by atoms with Gasteiger partial charge in [0.05, 0.1) is 5.56 Å². The van der Waals surface area contributed by atoms with Crippen LogP contribution in [0.1, 0.15) is 39.5 Å². The van der Waals surface area contributed by atoms with Crippen LogP contribution in [0, 0.1) is 0 Å². The minimum atomic E-state index is -4.54. The third-order valence-electron chi connectivity index (χ3n) is 7.37. The summed E-state index contributed by atoms with van der Waals surface area (Å²) in [6.07, 6.45) is -0.469. The number of aromatic nitrogens is 2. The summed E-state index contributed by atoms with van der Waals surface area (Å²) in [5, 5.41) is 5.18. The van der Waals surface area contributed by atoms with Gasteiger partial charge in [-0.25, -0.2) is 9.97 Å². The molecule has 0 unspecified atom stereocenters. The van der Waals surface area contributed by atoms with Crippen molar-refractivity contribution in [3.8, 4) is 0 Å². The first-order valence-electron chi connectivity index (χ1n) is 13.4. The Bertz CT molecular complexity index is 1420. The van der Waals surface area contributed by atoms with Crippen LogP contribution in [0.3, 0.4) is 0 Å². The molecule has 0 atom stereocenters. The van der Waals surface area contributed by atoms with Crippen molar-refractivity contribution in [2.75, 3.05) is 55.3 Å². The summed E-state index contributed by atoms with van der Waals surface area (Å²) in [4.78, 5) is 38.9. The number of likely N-dealkylation sites (N-methyl/N-ethyl adjacent to an activating group) is 1. The van der Waals surface area contributed by atoms with E-state index < -0.39 is 17.6 Å². The molecule has 0 aliphatic carbocycles. The minimum absolute atomic E-state index is 0.0956. The van der Waals surface area contributed by atoms with Gasteiger partial charge < -0.3 is 15.1 Å². The zero-order chi connectivity index (χ0) is 29.1. The van der Waals surface area contributed by atoms with E-state index in [0.717, 1.165) is 48.9 Å². The number of amides is 2. The Hall–Kier alpha value is -4.03. The second-order valence-electron chi connectivity index (χ2n) is 10.5. The molecular weight excluding hydrogens is 535 g/mol. The van der Waals surface area contributed by atoms with E-state index in [-0.39, 0.29) is 29.7 Å². The van der Waals surface area contributed by atoms with E-state index in [1.807, 2.05) is 18.0 Å². The van der Waals surface area contributed by atoms with Gasteiger partial charge in [0.2, 0.25) is 11.9 Å². The summed E-state index contributed by atoms with van der Waals surface area (Å²) in [7, 11) is 2.00. The Morgan fingerprint density at radius 1 is 0.927 bits per heavy atom. The first kappa shape index (κ1) is 28.5. The standard InChI is InChI=1S/C29H32F3N7O2/c1-19(40)35-28-33-15-20(16-34-28)17-39-8-7-21-3-4-22(13-26(21)39)27(41)36-24-6-5-23(25(14-24)29(30,31)32)18-38-11-9-37(2)10-12-38/h3-6,13-16H,7-12,17-18H2,1-2H3,(H,36,41)(H,33,34,35,40). The molecule has 2 N–H and O–H groups in total. The maximum Gasteiger partial charge on any atom is 0.416 e. The number of carbonyl (C=O) groups excluding carboxylic acids is 2. The number of halogens is 3. The number of benzene rings is 2. The number of fused-ring (bicyclic) bond motifs is 1. The third kappa shape index (κ3) is 7.01. The fourth-order valence-corrected chi connectivity index (χ4v) is 5.14. The molecule has 3 aromatic rings. The lowest BCUT2D eigenvalue weighted by Crippen LogP contribution is -2.44. The minimum Gasteiger partial charge on any atom is -0.367 e. The number of nitrogens with zero attached hydrogens (tertiary/aromatic N) is 5. The number of alkyl halides is 3. The highest BCUT2D eigenvalue weighted by molar-refractivity contribution is 6.05. The van der Waals surface area contributed by atoms with E-state index in [9.17, 15) is 22.8 Å². The summed E-state index contributed by atoms with van der Waals surface area (Å²) in [5.74, 6) is -0.515. The van der Waals surface area contributed by atoms with Crippen molar-refractivity contribution in [2.45, 2.75) is 32.6 Å². The first-order valence-corrected chi connectivity index (χ1v) is 13.4. The molecule has 0 radical (unpaired) electrons. The van der Waals surface area contributed by atoms with Crippen molar-refractivity contribution in [1.82, 2.24) is 19.8 Å². The molecule has 41 heavy (non-hydrogen) atoms. The fourth-order valence-electron chi connectivity index (χ4n) is 5.14. The molecule has 12 heteroatoms. The molecule has 5 rings (SSSR count). The summed E-state index contributed by atoms with van der Waals surface area (Å²) in [5.41, 5.74) is 2.69. The highest BCUT2D eigenvalue weighted by atomic mass is 19.4. The summed E-state index contributed by atoms with van der Waals surface area (Å²) < 4.78 is 41.9. The van der Waals surface area contributed by atoms with Crippen LogP contribution in [0.2, 0.25) is 0 Å². The SMILES string of the molecule is CC(=O)Nc1ncc(CN2CCc3ccc(C(=O)Nc4ccc(CN5CCN(C)CC5)c(C(F)(F)F)c4)cc32)cn1. The number of hydrogen-bond acceptors (Lipinski definition) is 7. The van der Waals surface area contributed by atoms with Gasteiger partial charge in [-0.1, -0.05) is 12.1 Å². The number of hydrogen-bond donors (Lipinski definition) is 2. The number of anilines is 3. The Morgan fingerprint density at radius 3 is 2.34 bits per heavy atom. The topological polar surface area (TPSA) is 93.7 Å². The fraction of sp³-hybridized carbons (Fsp3) is 0.379. The van der Waals surface area contributed by atoms with Crippen LogP contribution in [0.4, 0.5) is 30.5 Å². The lowest BCUT2D eigenvalue weighted by molar-refractivity contribution is -0.138. The van der Waals surface area contributed by atoms with Gasteiger partial charge in [-0.05, 0) is 48.9 Å². The maximum absolute atomic E-state index is 14.0. The lowest BCUT2D eigenvalue weighted by atomic mass is 10.0. The Kier molecular flexibility index (Phi) is 8.22. The first-order chi connectivity index (χ1) is 19.5. The van der Waals surface area contributed by atoms with Crippen molar-refractivity contribution in [1.29, 1.82) is 0 Å². The van der Waals surface area contributed by atoms with Gasteiger partial charge >= 0.3 is 6.18 Å². The van der Waals surface area contributed by atoms with Gasteiger partial charge in [-0.3, -0.25) is 19.8 Å². The molecule has 1 aromatic heterocycles. The summed E-state index contributed by atoms with van der Waals surface area (Å²) >= 11 is 0. The highest BCUT2D eigenvalue weighted by Gasteiger charge is 2.34. The molecule has 2 amide bonds. The molecule has 0 bridgehead atoms. The van der Waals surface area contributed by atoms with Crippen molar-refractivity contribution < 1.29 is 22.8 Å². The Labute approximate surface area is 236 Å². The van der Waals surface area contributed by atoms with Gasteiger partial charge in [-0.2, -0.15) is 13.2 Å². The summed E-state index contributed by atoms with van der Waals surface area (Å²) in [6, 6.07) is 9.34. The highest BCUT2D eigenvalue weighted by Crippen LogP contribution is 2.35. The molecule has 1 saturated heterocycles. The Morgan fingerprint density at radius 2 is 1.66 bits per heavy atom. The largest absolute Gasteiger partial charge is 0.416 e. The molecule has 3 heterocycles. The predicted octanol–water partition coefficient (Wildman–Crippen LogP) is 4.02. The smallest absolute Gasteiger partial charge is 0.367 e. The molecule has 9 nitrogen and oxygen atoms in total. The number of rotatable bonds is 7. The molecule has 2 aliphatic rings. The maximum atomic E-state index is 14.0. The van der Waals surface area contributed by atoms with Gasteiger partial charge in [0.15, 0.2) is 0 Å². The molecule has 0 spiro atoms. The van der Waals surface area contributed by atoms with Gasteiger partial charge in [-0.15, -0.1) is 0 Å². The third-order valence-corrected chi connectivity index (χ3v) is 7.37. The Balaban J connectivity index is 1.29. The monoisotopic (exact) mass is 567 g/mol. The molecule has 2 aromatic carbocycles. The van der Waals surface area contributed by atoms with Crippen LogP contribution < -0.4 is 15.5 Å². The average Bonchev–Trinajstić information content (AvgIpc) is 3.33. The summed E-state index contributed by atoms with van der Waals surface area (Å²) in [6.45, 7) is 5.86. The molecule has 0 saturated carbocycles. The van der Waals surface area contributed by atoms with Gasteiger partial charge in [0.25, 0.3) is 5.91 Å². The zero-order valence-electron chi connectivity index (χ0n) is 23.0. The molecule has 216 valence electrons. The molecular formula is C29H32F3N7O2. The van der Waals surface area contributed by atoms with Crippen molar-refractivity contribution >= 4 is 29.1 Å². The van der Waals surface area contributed by atoms with Crippen LogP contribution in [-0.2, 0) is 30.5 Å². The number of piperazine rings is 1. The van der Waals surface area contributed by atoms with Gasteiger partial charge in [0, 0.05) is 87.6 Å². The zero-order valence-corrected chi connectivity index (χ0v) is 23.0. The van der Waals surface area contributed by atoms with Crippen LogP contribution >= 0.6 is 0 Å². The van der Waals surface area contributed by atoms with E-state index >= 15 is 0 Å². The van der Waals surface area contributed by atoms with E-state index in [0.29, 0.717) is 25.2 Å².